The first-order valence-corrected chi connectivity index (χ1v) is 7.91. The molecule has 0 saturated heterocycles. The SMILES string of the molecule is CCC(N)Cc1ccc(N(CC)CCCN(C)C)c(F)c1. The van der Waals surface area contributed by atoms with E-state index in [1.54, 1.807) is 6.07 Å². The van der Waals surface area contributed by atoms with Crippen LogP contribution in [0.25, 0.3) is 0 Å². The van der Waals surface area contributed by atoms with Gasteiger partial charge in [-0.1, -0.05) is 13.0 Å². The second-order valence-electron chi connectivity index (χ2n) is 5.89. The summed E-state index contributed by atoms with van der Waals surface area (Å²) in [6.07, 6.45) is 2.68. The minimum absolute atomic E-state index is 0.109. The Morgan fingerprint density at radius 1 is 1.19 bits per heavy atom. The van der Waals surface area contributed by atoms with Crippen LogP contribution in [0.5, 0.6) is 0 Å². The number of hydrogen-bond donors (Lipinski definition) is 1. The summed E-state index contributed by atoms with van der Waals surface area (Å²) in [5.74, 6) is -0.137. The van der Waals surface area contributed by atoms with Gasteiger partial charge in [-0.3, -0.25) is 0 Å². The predicted octanol–water partition coefficient (Wildman–Crippen LogP) is 2.88. The van der Waals surface area contributed by atoms with Crippen molar-refractivity contribution in [1.29, 1.82) is 0 Å². The average molecular weight is 295 g/mol. The lowest BCUT2D eigenvalue weighted by Crippen LogP contribution is -2.28. The topological polar surface area (TPSA) is 32.5 Å². The van der Waals surface area contributed by atoms with E-state index in [0.29, 0.717) is 5.69 Å². The monoisotopic (exact) mass is 295 g/mol. The Kier molecular flexibility index (Phi) is 7.68. The third-order valence-electron chi connectivity index (χ3n) is 3.79. The highest BCUT2D eigenvalue weighted by atomic mass is 19.1. The van der Waals surface area contributed by atoms with E-state index in [4.69, 9.17) is 5.73 Å². The fourth-order valence-electron chi connectivity index (χ4n) is 2.41. The lowest BCUT2D eigenvalue weighted by atomic mass is 10.0. The van der Waals surface area contributed by atoms with Gasteiger partial charge in [0.15, 0.2) is 0 Å². The molecular weight excluding hydrogens is 265 g/mol. The maximum atomic E-state index is 14.3. The largest absolute Gasteiger partial charge is 0.369 e. The Morgan fingerprint density at radius 3 is 2.43 bits per heavy atom. The molecule has 1 aromatic rings. The molecular formula is C17H30FN3. The molecule has 1 atom stereocenters. The van der Waals surface area contributed by atoms with Gasteiger partial charge in [-0.2, -0.15) is 0 Å². The van der Waals surface area contributed by atoms with Crippen LogP contribution in [0, 0.1) is 5.82 Å². The summed E-state index contributed by atoms with van der Waals surface area (Å²) in [6, 6.07) is 5.64. The molecule has 1 rings (SSSR count). The summed E-state index contributed by atoms with van der Waals surface area (Å²) in [5.41, 5.74) is 7.62. The number of rotatable bonds is 9. The molecule has 2 N–H and O–H groups in total. The number of halogens is 1. The molecule has 1 aromatic carbocycles. The van der Waals surface area contributed by atoms with Crippen LogP contribution < -0.4 is 10.6 Å². The van der Waals surface area contributed by atoms with E-state index in [1.165, 1.54) is 0 Å². The first-order chi connectivity index (χ1) is 9.97. The van der Waals surface area contributed by atoms with Gasteiger partial charge < -0.3 is 15.5 Å². The molecule has 0 aliphatic carbocycles. The number of nitrogens with two attached hydrogens (primary N) is 1. The molecule has 0 spiro atoms. The highest BCUT2D eigenvalue weighted by molar-refractivity contribution is 5.49. The molecule has 0 aliphatic rings. The molecule has 0 fully saturated rings. The summed E-state index contributed by atoms with van der Waals surface area (Å²) in [4.78, 5) is 4.25. The smallest absolute Gasteiger partial charge is 0.146 e. The first-order valence-electron chi connectivity index (χ1n) is 7.91. The molecule has 0 amide bonds. The van der Waals surface area contributed by atoms with Crippen molar-refractivity contribution in [2.75, 3.05) is 38.6 Å². The fraction of sp³-hybridized carbons (Fsp3) is 0.647. The minimum atomic E-state index is -0.137. The van der Waals surface area contributed by atoms with Crippen molar-refractivity contribution in [3.63, 3.8) is 0 Å². The highest BCUT2D eigenvalue weighted by Gasteiger charge is 2.11. The van der Waals surface area contributed by atoms with Gasteiger partial charge in [0, 0.05) is 19.1 Å². The van der Waals surface area contributed by atoms with Gasteiger partial charge >= 0.3 is 0 Å². The summed E-state index contributed by atoms with van der Waals surface area (Å²) < 4.78 is 14.3. The van der Waals surface area contributed by atoms with Crippen molar-refractivity contribution >= 4 is 5.69 Å². The minimum Gasteiger partial charge on any atom is -0.369 e. The predicted molar refractivity (Wildman–Crippen MR) is 89.4 cm³/mol. The molecule has 3 nitrogen and oxygen atoms in total. The zero-order valence-electron chi connectivity index (χ0n) is 13.9. The van der Waals surface area contributed by atoms with Gasteiger partial charge in [-0.05, 0) is 64.5 Å². The number of hydrogen-bond acceptors (Lipinski definition) is 3. The fourth-order valence-corrected chi connectivity index (χ4v) is 2.41. The Bertz CT molecular complexity index is 420. The molecule has 0 bridgehead atoms. The van der Waals surface area contributed by atoms with Crippen molar-refractivity contribution in [3.8, 4) is 0 Å². The van der Waals surface area contributed by atoms with E-state index < -0.39 is 0 Å². The average Bonchev–Trinajstić information content (AvgIpc) is 2.44. The Labute approximate surface area is 128 Å². The number of nitrogens with zero attached hydrogens (tertiary/aromatic N) is 2. The molecule has 120 valence electrons. The maximum absolute atomic E-state index is 14.3. The summed E-state index contributed by atoms with van der Waals surface area (Å²) >= 11 is 0. The number of benzene rings is 1. The van der Waals surface area contributed by atoms with E-state index in [-0.39, 0.29) is 11.9 Å². The Morgan fingerprint density at radius 2 is 1.90 bits per heavy atom. The van der Waals surface area contributed by atoms with Crippen LogP contribution in [0.3, 0.4) is 0 Å². The second-order valence-corrected chi connectivity index (χ2v) is 5.89. The highest BCUT2D eigenvalue weighted by Crippen LogP contribution is 2.21. The van der Waals surface area contributed by atoms with Crippen molar-refractivity contribution in [2.24, 2.45) is 5.73 Å². The molecule has 0 heterocycles. The standard InChI is InChI=1S/C17H30FN3/c1-5-15(19)12-14-8-9-17(16(18)13-14)21(6-2)11-7-10-20(3)4/h8-9,13,15H,5-7,10-12,19H2,1-4H3. The molecule has 0 aliphatic heterocycles. The Balaban J connectivity index is 2.71. The Hall–Kier alpha value is -1.13. The molecule has 0 saturated carbocycles. The number of anilines is 1. The van der Waals surface area contributed by atoms with Crippen molar-refractivity contribution in [1.82, 2.24) is 4.90 Å². The van der Waals surface area contributed by atoms with E-state index in [9.17, 15) is 4.39 Å². The van der Waals surface area contributed by atoms with E-state index >= 15 is 0 Å². The zero-order chi connectivity index (χ0) is 15.8. The summed E-state index contributed by atoms with van der Waals surface area (Å²) in [7, 11) is 4.12. The van der Waals surface area contributed by atoms with Crippen molar-refractivity contribution in [2.45, 2.75) is 39.2 Å². The van der Waals surface area contributed by atoms with Gasteiger partial charge in [0.2, 0.25) is 0 Å². The van der Waals surface area contributed by atoms with Gasteiger partial charge in [0.1, 0.15) is 5.82 Å². The third kappa shape index (κ3) is 6.02. The molecule has 0 aromatic heterocycles. The van der Waals surface area contributed by atoms with Crippen molar-refractivity contribution < 1.29 is 4.39 Å². The normalized spacial score (nSPS) is 12.7. The van der Waals surface area contributed by atoms with Crippen LogP contribution >= 0.6 is 0 Å². The second kappa shape index (κ2) is 9.00. The summed E-state index contributed by atoms with van der Waals surface area (Å²) in [6.45, 7) is 6.83. The van der Waals surface area contributed by atoms with E-state index in [2.05, 4.69) is 37.7 Å². The molecule has 21 heavy (non-hydrogen) atoms. The lowest BCUT2D eigenvalue weighted by Gasteiger charge is -2.25. The first kappa shape index (κ1) is 17.9. The molecule has 4 heteroatoms. The summed E-state index contributed by atoms with van der Waals surface area (Å²) in [5, 5.41) is 0. The van der Waals surface area contributed by atoms with Gasteiger partial charge in [0.05, 0.1) is 5.69 Å². The van der Waals surface area contributed by atoms with Crippen LogP contribution in [-0.2, 0) is 6.42 Å². The van der Waals surface area contributed by atoms with E-state index in [1.807, 2.05) is 12.1 Å². The van der Waals surface area contributed by atoms with Gasteiger partial charge in [-0.25, -0.2) is 4.39 Å². The third-order valence-corrected chi connectivity index (χ3v) is 3.79. The van der Waals surface area contributed by atoms with Crippen LogP contribution in [0.2, 0.25) is 0 Å². The van der Waals surface area contributed by atoms with E-state index in [0.717, 1.165) is 44.5 Å². The molecule has 1 unspecified atom stereocenters. The zero-order valence-corrected chi connectivity index (χ0v) is 13.9. The van der Waals surface area contributed by atoms with Gasteiger partial charge in [0.25, 0.3) is 0 Å². The molecule has 0 radical (unpaired) electrons. The van der Waals surface area contributed by atoms with Gasteiger partial charge in [-0.15, -0.1) is 0 Å². The van der Waals surface area contributed by atoms with Crippen LogP contribution in [0.15, 0.2) is 18.2 Å². The van der Waals surface area contributed by atoms with Crippen molar-refractivity contribution in [3.05, 3.63) is 29.6 Å². The quantitative estimate of drug-likeness (QED) is 0.760. The van der Waals surface area contributed by atoms with Crippen LogP contribution in [0.4, 0.5) is 10.1 Å². The van der Waals surface area contributed by atoms with Crippen LogP contribution in [0.1, 0.15) is 32.3 Å². The van der Waals surface area contributed by atoms with Crippen LogP contribution in [-0.4, -0.2) is 44.7 Å². The maximum Gasteiger partial charge on any atom is 0.146 e. The lowest BCUT2D eigenvalue weighted by molar-refractivity contribution is 0.400.